The fraction of sp³-hybridized carbons (Fsp3) is 0.261. The Morgan fingerprint density at radius 3 is 2.43 bits per heavy atom. The minimum absolute atomic E-state index is 0.220. The van der Waals surface area contributed by atoms with E-state index >= 15 is 0 Å². The predicted octanol–water partition coefficient (Wildman–Crippen LogP) is 2.89. The molecule has 0 aliphatic rings. The number of nitrogens with zero attached hydrogens (tertiary/aromatic N) is 2. The van der Waals surface area contributed by atoms with Crippen LogP contribution in [0.5, 0.6) is 11.5 Å². The number of ether oxygens (including phenoxy) is 2. The molecule has 30 heavy (non-hydrogen) atoms. The summed E-state index contributed by atoms with van der Waals surface area (Å²) in [5.74, 6) is 1.06. The Morgan fingerprint density at radius 2 is 1.73 bits per heavy atom. The van der Waals surface area contributed by atoms with E-state index in [9.17, 15) is 9.59 Å². The fourth-order valence-electron chi connectivity index (χ4n) is 2.84. The molecule has 0 fully saturated rings. The summed E-state index contributed by atoms with van der Waals surface area (Å²) in [5.41, 5.74) is 1.41. The van der Waals surface area contributed by atoms with E-state index in [4.69, 9.17) is 9.47 Å². The van der Waals surface area contributed by atoms with E-state index in [-0.39, 0.29) is 24.6 Å². The van der Waals surface area contributed by atoms with Crippen molar-refractivity contribution in [3.8, 4) is 22.8 Å². The number of hydrogen-bond acceptors (Lipinski definition) is 5. The molecule has 0 aliphatic carbocycles. The largest absolute Gasteiger partial charge is 0.494 e. The molecule has 0 aliphatic heterocycles. The van der Waals surface area contributed by atoms with Gasteiger partial charge in [-0.3, -0.25) is 9.59 Å². The summed E-state index contributed by atoms with van der Waals surface area (Å²) in [4.78, 5) is 24.4. The highest BCUT2D eigenvalue weighted by molar-refractivity contribution is 5.80. The van der Waals surface area contributed by atoms with Crippen LogP contribution in [0.25, 0.3) is 11.3 Å². The third-order valence-electron chi connectivity index (χ3n) is 4.38. The number of benzene rings is 2. The normalized spacial score (nSPS) is 11.5. The molecule has 1 unspecified atom stereocenters. The molecule has 1 N–H and O–H groups in total. The molecule has 0 saturated carbocycles. The number of nitrogens with one attached hydrogen (secondary N) is 1. The molecular weight excluding hydrogens is 382 g/mol. The standard InChI is InChI=1S/C23H25N3O4/c1-3-29-19-9-11-20(12-10-19)30-17(2)23(28)24-15-16-26-22(27)14-13-21(25-26)18-7-5-4-6-8-18/h4-14,17H,3,15-16H2,1-2H3,(H,24,28). The third kappa shape index (κ3) is 5.70. The summed E-state index contributed by atoms with van der Waals surface area (Å²) in [6.07, 6.45) is -0.678. The highest BCUT2D eigenvalue weighted by Gasteiger charge is 2.14. The Morgan fingerprint density at radius 1 is 1.03 bits per heavy atom. The Labute approximate surface area is 175 Å². The lowest BCUT2D eigenvalue weighted by molar-refractivity contribution is -0.127. The van der Waals surface area contributed by atoms with Gasteiger partial charge in [0.25, 0.3) is 11.5 Å². The van der Waals surface area contributed by atoms with Crippen molar-refractivity contribution in [1.82, 2.24) is 15.1 Å². The summed E-state index contributed by atoms with van der Waals surface area (Å²) < 4.78 is 12.4. The van der Waals surface area contributed by atoms with E-state index in [0.29, 0.717) is 18.1 Å². The van der Waals surface area contributed by atoms with Crippen molar-refractivity contribution in [2.24, 2.45) is 0 Å². The quantitative estimate of drug-likeness (QED) is 0.590. The van der Waals surface area contributed by atoms with E-state index in [1.165, 1.54) is 10.7 Å². The van der Waals surface area contributed by atoms with Crippen LogP contribution in [0.1, 0.15) is 13.8 Å². The second-order valence-corrected chi connectivity index (χ2v) is 6.60. The molecule has 1 heterocycles. The van der Waals surface area contributed by atoms with Crippen LogP contribution in [0, 0.1) is 0 Å². The number of carbonyl (C=O) groups is 1. The Kier molecular flexibility index (Phi) is 7.21. The van der Waals surface area contributed by atoms with Gasteiger partial charge in [-0.05, 0) is 44.2 Å². The monoisotopic (exact) mass is 407 g/mol. The lowest BCUT2D eigenvalue weighted by Gasteiger charge is -2.15. The van der Waals surface area contributed by atoms with Crippen LogP contribution in [0.2, 0.25) is 0 Å². The Bertz CT molecular complexity index is 1020. The van der Waals surface area contributed by atoms with Crippen molar-refractivity contribution in [3.05, 3.63) is 77.1 Å². The molecule has 3 aromatic rings. The summed E-state index contributed by atoms with van der Waals surface area (Å²) in [5, 5.41) is 7.17. The second kappa shape index (κ2) is 10.2. The van der Waals surface area contributed by atoms with Crippen LogP contribution in [-0.2, 0) is 11.3 Å². The first kappa shape index (κ1) is 21.1. The van der Waals surface area contributed by atoms with E-state index in [1.807, 2.05) is 37.3 Å². The molecule has 1 amide bonds. The number of hydrogen-bond donors (Lipinski definition) is 1. The Hall–Kier alpha value is -3.61. The topological polar surface area (TPSA) is 82.4 Å². The van der Waals surface area contributed by atoms with Crippen molar-refractivity contribution in [3.63, 3.8) is 0 Å². The summed E-state index contributed by atoms with van der Waals surface area (Å²) in [6.45, 7) is 4.71. The maximum absolute atomic E-state index is 12.3. The molecule has 0 bridgehead atoms. The van der Waals surface area contributed by atoms with Crippen LogP contribution >= 0.6 is 0 Å². The highest BCUT2D eigenvalue weighted by atomic mass is 16.5. The molecule has 1 aromatic heterocycles. The molecule has 2 aromatic carbocycles. The fourth-order valence-corrected chi connectivity index (χ4v) is 2.84. The molecule has 0 saturated heterocycles. The zero-order valence-electron chi connectivity index (χ0n) is 17.1. The van der Waals surface area contributed by atoms with Crippen molar-refractivity contribution >= 4 is 5.91 Å². The van der Waals surface area contributed by atoms with Gasteiger partial charge in [-0.1, -0.05) is 30.3 Å². The zero-order chi connectivity index (χ0) is 21.3. The average molecular weight is 407 g/mol. The van der Waals surface area contributed by atoms with E-state index in [2.05, 4.69) is 10.4 Å². The van der Waals surface area contributed by atoms with E-state index in [0.717, 1.165) is 11.3 Å². The van der Waals surface area contributed by atoms with Crippen molar-refractivity contribution in [2.75, 3.05) is 13.2 Å². The van der Waals surface area contributed by atoms with Crippen molar-refractivity contribution < 1.29 is 14.3 Å². The Balaban J connectivity index is 1.53. The first-order valence-corrected chi connectivity index (χ1v) is 9.87. The van der Waals surface area contributed by atoms with E-state index < -0.39 is 6.10 Å². The van der Waals surface area contributed by atoms with Gasteiger partial charge in [-0.2, -0.15) is 5.10 Å². The molecule has 3 rings (SSSR count). The van der Waals surface area contributed by atoms with Gasteiger partial charge < -0.3 is 14.8 Å². The number of rotatable bonds is 9. The summed E-state index contributed by atoms with van der Waals surface area (Å²) in [7, 11) is 0. The minimum atomic E-state index is -0.678. The number of amides is 1. The van der Waals surface area contributed by atoms with Gasteiger partial charge in [-0.25, -0.2) is 4.68 Å². The molecule has 7 heteroatoms. The molecule has 156 valence electrons. The van der Waals surface area contributed by atoms with Gasteiger partial charge in [0.15, 0.2) is 6.10 Å². The number of carbonyl (C=O) groups excluding carboxylic acids is 1. The van der Waals surface area contributed by atoms with Gasteiger partial charge in [0.05, 0.1) is 18.8 Å². The van der Waals surface area contributed by atoms with Gasteiger partial charge in [0.1, 0.15) is 11.5 Å². The van der Waals surface area contributed by atoms with Crippen molar-refractivity contribution in [1.29, 1.82) is 0 Å². The predicted molar refractivity (Wildman–Crippen MR) is 115 cm³/mol. The highest BCUT2D eigenvalue weighted by Crippen LogP contribution is 2.18. The van der Waals surface area contributed by atoms with Crippen molar-refractivity contribution in [2.45, 2.75) is 26.5 Å². The number of aromatic nitrogens is 2. The smallest absolute Gasteiger partial charge is 0.266 e. The van der Waals surface area contributed by atoms with E-state index in [1.54, 1.807) is 37.3 Å². The summed E-state index contributed by atoms with van der Waals surface area (Å²) in [6, 6.07) is 19.9. The maximum atomic E-state index is 12.3. The molecule has 7 nitrogen and oxygen atoms in total. The summed E-state index contributed by atoms with van der Waals surface area (Å²) >= 11 is 0. The maximum Gasteiger partial charge on any atom is 0.266 e. The zero-order valence-corrected chi connectivity index (χ0v) is 17.1. The lowest BCUT2D eigenvalue weighted by atomic mass is 10.1. The van der Waals surface area contributed by atoms with Gasteiger partial charge in [-0.15, -0.1) is 0 Å². The van der Waals surface area contributed by atoms with Crippen LogP contribution in [0.4, 0.5) is 0 Å². The van der Waals surface area contributed by atoms with Gasteiger partial charge >= 0.3 is 0 Å². The van der Waals surface area contributed by atoms with Gasteiger partial charge in [0.2, 0.25) is 0 Å². The first-order valence-electron chi connectivity index (χ1n) is 9.87. The minimum Gasteiger partial charge on any atom is -0.494 e. The SMILES string of the molecule is CCOc1ccc(OC(C)C(=O)NCCn2nc(-c3ccccc3)ccc2=O)cc1. The van der Waals surface area contributed by atoms with Crippen LogP contribution in [-0.4, -0.2) is 34.9 Å². The van der Waals surface area contributed by atoms with Crippen LogP contribution < -0.4 is 20.3 Å². The molecule has 0 spiro atoms. The molecular formula is C23H25N3O4. The van der Waals surface area contributed by atoms with Gasteiger partial charge in [0, 0.05) is 18.2 Å². The van der Waals surface area contributed by atoms with Crippen LogP contribution in [0.3, 0.4) is 0 Å². The van der Waals surface area contributed by atoms with Crippen LogP contribution in [0.15, 0.2) is 71.5 Å². The average Bonchev–Trinajstić information content (AvgIpc) is 2.77. The third-order valence-corrected chi connectivity index (χ3v) is 4.38. The lowest BCUT2D eigenvalue weighted by Crippen LogP contribution is -2.39. The first-order chi connectivity index (χ1) is 14.6. The molecule has 1 atom stereocenters. The second-order valence-electron chi connectivity index (χ2n) is 6.60. The molecule has 0 radical (unpaired) electrons.